The number of aryl methyl sites for hydroxylation is 1. The van der Waals surface area contributed by atoms with Gasteiger partial charge in [-0.05, 0) is 47.4 Å². The summed E-state index contributed by atoms with van der Waals surface area (Å²) in [6.45, 7) is 10.9. The number of carbonyl (C=O) groups is 2. The van der Waals surface area contributed by atoms with Crippen molar-refractivity contribution >= 4 is 11.9 Å². The molecule has 0 fully saturated rings. The number of ether oxygens (including phenoxy) is 1. The van der Waals surface area contributed by atoms with Crippen LogP contribution in [0, 0.1) is 6.92 Å². The van der Waals surface area contributed by atoms with Gasteiger partial charge in [0.2, 0.25) is 0 Å². The van der Waals surface area contributed by atoms with Crippen molar-refractivity contribution in [3.63, 3.8) is 0 Å². The molecular weight excluding hydrogens is 312 g/mol. The van der Waals surface area contributed by atoms with E-state index in [2.05, 4.69) is 58.9 Å². The lowest BCUT2D eigenvalue weighted by atomic mass is 9.68. The average molecular weight is 336 g/mol. The summed E-state index contributed by atoms with van der Waals surface area (Å²) in [5.74, 6) is -1.10. The Balaban J connectivity index is 1.91. The first kappa shape index (κ1) is 17.4. The number of cyclic esters (lactones) is 2. The van der Waals surface area contributed by atoms with Crippen molar-refractivity contribution < 1.29 is 14.3 Å². The number of benzene rings is 2. The van der Waals surface area contributed by atoms with E-state index < -0.39 is 11.9 Å². The standard InChI is InChI=1S/C22H24O3/c1-14-6-8-15(9-7-14)21(2,3)13-22(4,5)16-10-11-17-18(12-16)20(24)25-19(17)23/h6-12H,13H2,1-5H3. The van der Waals surface area contributed by atoms with Crippen LogP contribution in [-0.2, 0) is 15.6 Å². The van der Waals surface area contributed by atoms with E-state index in [0.717, 1.165) is 12.0 Å². The summed E-state index contributed by atoms with van der Waals surface area (Å²) < 4.78 is 4.70. The van der Waals surface area contributed by atoms with Gasteiger partial charge in [0.15, 0.2) is 0 Å². The molecule has 0 amide bonds. The summed E-state index contributed by atoms with van der Waals surface area (Å²) in [4.78, 5) is 23.5. The molecule has 0 aliphatic carbocycles. The Morgan fingerprint density at radius 1 is 0.760 bits per heavy atom. The fourth-order valence-electron chi connectivity index (χ4n) is 3.82. The van der Waals surface area contributed by atoms with E-state index in [1.165, 1.54) is 11.1 Å². The van der Waals surface area contributed by atoms with Crippen LogP contribution in [0.15, 0.2) is 42.5 Å². The Morgan fingerprint density at radius 2 is 1.28 bits per heavy atom. The normalized spacial score (nSPS) is 14.4. The van der Waals surface area contributed by atoms with E-state index in [0.29, 0.717) is 11.1 Å². The maximum absolute atomic E-state index is 11.9. The number of rotatable bonds is 4. The molecule has 130 valence electrons. The number of hydrogen-bond donors (Lipinski definition) is 0. The van der Waals surface area contributed by atoms with Gasteiger partial charge in [-0.3, -0.25) is 0 Å². The SMILES string of the molecule is Cc1ccc(C(C)(C)CC(C)(C)c2ccc3c(c2)C(=O)OC3=O)cc1. The second kappa shape index (κ2) is 5.83. The summed E-state index contributed by atoms with van der Waals surface area (Å²) in [6, 6.07) is 14.1. The summed E-state index contributed by atoms with van der Waals surface area (Å²) in [5.41, 5.74) is 4.15. The molecule has 0 saturated heterocycles. The topological polar surface area (TPSA) is 43.4 Å². The van der Waals surface area contributed by atoms with Crippen LogP contribution in [0.25, 0.3) is 0 Å². The second-order valence-corrected chi connectivity index (χ2v) is 8.25. The third-order valence-corrected chi connectivity index (χ3v) is 5.14. The molecule has 0 atom stereocenters. The highest BCUT2D eigenvalue weighted by molar-refractivity contribution is 6.14. The fraction of sp³-hybridized carbons (Fsp3) is 0.364. The van der Waals surface area contributed by atoms with E-state index in [1.807, 2.05) is 12.1 Å². The third-order valence-electron chi connectivity index (χ3n) is 5.14. The molecule has 0 radical (unpaired) electrons. The van der Waals surface area contributed by atoms with Gasteiger partial charge < -0.3 is 4.74 Å². The first-order valence-corrected chi connectivity index (χ1v) is 8.58. The van der Waals surface area contributed by atoms with Crippen LogP contribution in [0.3, 0.4) is 0 Å². The molecule has 0 saturated carbocycles. The minimum Gasteiger partial charge on any atom is -0.386 e. The Bertz CT molecular complexity index is 842. The minimum atomic E-state index is -0.552. The predicted octanol–water partition coefficient (Wildman–Crippen LogP) is 4.95. The van der Waals surface area contributed by atoms with Gasteiger partial charge in [0.25, 0.3) is 0 Å². The molecule has 1 heterocycles. The summed E-state index contributed by atoms with van der Waals surface area (Å²) in [6.07, 6.45) is 0.908. The molecule has 3 rings (SSSR count). The molecule has 0 spiro atoms. The molecule has 3 nitrogen and oxygen atoms in total. The first-order chi connectivity index (χ1) is 11.6. The van der Waals surface area contributed by atoms with E-state index >= 15 is 0 Å². The van der Waals surface area contributed by atoms with Crippen LogP contribution in [0.1, 0.15) is 71.5 Å². The molecule has 0 aromatic heterocycles. The van der Waals surface area contributed by atoms with E-state index in [1.54, 1.807) is 6.07 Å². The lowest BCUT2D eigenvalue weighted by molar-refractivity contribution is 0.0444. The van der Waals surface area contributed by atoms with Crippen molar-refractivity contribution in [3.8, 4) is 0 Å². The molecule has 0 N–H and O–H groups in total. The van der Waals surface area contributed by atoms with Crippen LogP contribution in [-0.4, -0.2) is 11.9 Å². The predicted molar refractivity (Wildman–Crippen MR) is 98.0 cm³/mol. The minimum absolute atomic E-state index is 0.0213. The van der Waals surface area contributed by atoms with Crippen molar-refractivity contribution in [1.82, 2.24) is 0 Å². The highest BCUT2D eigenvalue weighted by Gasteiger charge is 2.35. The van der Waals surface area contributed by atoms with Gasteiger partial charge in [0.1, 0.15) is 0 Å². The van der Waals surface area contributed by atoms with Gasteiger partial charge in [-0.1, -0.05) is 63.6 Å². The highest BCUT2D eigenvalue weighted by Crippen LogP contribution is 2.39. The van der Waals surface area contributed by atoms with Crippen molar-refractivity contribution in [1.29, 1.82) is 0 Å². The van der Waals surface area contributed by atoms with Crippen LogP contribution in [0.2, 0.25) is 0 Å². The van der Waals surface area contributed by atoms with Gasteiger partial charge in [0, 0.05) is 0 Å². The molecule has 25 heavy (non-hydrogen) atoms. The van der Waals surface area contributed by atoms with E-state index in [-0.39, 0.29) is 10.8 Å². The monoisotopic (exact) mass is 336 g/mol. The van der Waals surface area contributed by atoms with Crippen molar-refractivity contribution in [2.45, 2.75) is 51.9 Å². The van der Waals surface area contributed by atoms with Crippen molar-refractivity contribution in [2.24, 2.45) is 0 Å². The molecule has 2 aromatic carbocycles. The molecule has 1 aliphatic rings. The molecular formula is C22H24O3. The number of carbonyl (C=O) groups excluding carboxylic acids is 2. The largest absolute Gasteiger partial charge is 0.386 e. The van der Waals surface area contributed by atoms with Gasteiger partial charge in [-0.2, -0.15) is 0 Å². The molecule has 3 heteroatoms. The zero-order valence-corrected chi connectivity index (χ0v) is 15.5. The first-order valence-electron chi connectivity index (χ1n) is 8.58. The van der Waals surface area contributed by atoms with Crippen LogP contribution in [0.5, 0.6) is 0 Å². The van der Waals surface area contributed by atoms with Gasteiger partial charge in [0.05, 0.1) is 11.1 Å². The van der Waals surface area contributed by atoms with E-state index in [4.69, 9.17) is 4.74 Å². The van der Waals surface area contributed by atoms with Crippen LogP contribution in [0.4, 0.5) is 0 Å². The van der Waals surface area contributed by atoms with Crippen molar-refractivity contribution in [2.75, 3.05) is 0 Å². The summed E-state index contributed by atoms with van der Waals surface area (Å²) >= 11 is 0. The quantitative estimate of drug-likeness (QED) is 0.586. The van der Waals surface area contributed by atoms with E-state index in [9.17, 15) is 9.59 Å². The lowest BCUT2D eigenvalue weighted by Crippen LogP contribution is -2.30. The van der Waals surface area contributed by atoms with Crippen molar-refractivity contribution in [3.05, 3.63) is 70.3 Å². The number of esters is 2. The Hall–Kier alpha value is -2.42. The zero-order valence-electron chi connectivity index (χ0n) is 15.5. The van der Waals surface area contributed by atoms with Crippen LogP contribution >= 0.6 is 0 Å². The van der Waals surface area contributed by atoms with Gasteiger partial charge in [-0.15, -0.1) is 0 Å². The highest BCUT2D eigenvalue weighted by atomic mass is 16.6. The Morgan fingerprint density at radius 3 is 1.92 bits per heavy atom. The molecule has 0 unspecified atom stereocenters. The second-order valence-electron chi connectivity index (χ2n) is 8.25. The maximum Gasteiger partial charge on any atom is 0.346 e. The summed E-state index contributed by atoms with van der Waals surface area (Å²) in [7, 11) is 0. The smallest absolute Gasteiger partial charge is 0.346 e. The average Bonchev–Trinajstić information content (AvgIpc) is 2.81. The third kappa shape index (κ3) is 3.23. The Kier molecular flexibility index (Phi) is 4.06. The molecule has 2 aromatic rings. The maximum atomic E-state index is 11.9. The lowest BCUT2D eigenvalue weighted by Gasteiger charge is -2.36. The zero-order chi connectivity index (χ0) is 18.4. The van der Waals surface area contributed by atoms with Gasteiger partial charge >= 0.3 is 11.9 Å². The van der Waals surface area contributed by atoms with Crippen LogP contribution < -0.4 is 0 Å². The molecule has 0 bridgehead atoms. The number of hydrogen-bond acceptors (Lipinski definition) is 3. The summed E-state index contributed by atoms with van der Waals surface area (Å²) in [5, 5.41) is 0. The van der Waals surface area contributed by atoms with Gasteiger partial charge in [-0.25, -0.2) is 9.59 Å². The number of fused-ring (bicyclic) bond motifs is 1. The Labute approximate surface area is 149 Å². The fourth-order valence-corrected chi connectivity index (χ4v) is 3.82. The molecule has 1 aliphatic heterocycles.